The molecule has 0 atom stereocenters. The van der Waals surface area contributed by atoms with Gasteiger partial charge >= 0.3 is 0 Å². The highest BCUT2D eigenvalue weighted by Gasteiger charge is 2.24. The first kappa shape index (κ1) is 17.8. The summed E-state index contributed by atoms with van der Waals surface area (Å²) in [6.07, 6.45) is 2.83. The van der Waals surface area contributed by atoms with Crippen molar-refractivity contribution in [1.29, 1.82) is 0 Å². The Balaban J connectivity index is 1.70. The average Bonchev–Trinajstić information content (AvgIpc) is 3.12. The summed E-state index contributed by atoms with van der Waals surface area (Å²) in [4.78, 5) is 3.96. The van der Waals surface area contributed by atoms with Crippen LogP contribution in [0.1, 0.15) is 5.56 Å². The van der Waals surface area contributed by atoms with Crippen molar-refractivity contribution in [3.05, 3.63) is 65.2 Å². The molecule has 0 unspecified atom stereocenters. The maximum Gasteiger partial charge on any atom is 0.232 e. The number of nitrogens with zero attached hydrogens (tertiary/aromatic N) is 2. The van der Waals surface area contributed by atoms with Gasteiger partial charge in [0.2, 0.25) is 15.0 Å². The van der Waals surface area contributed by atoms with Crippen molar-refractivity contribution in [3.63, 3.8) is 0 Å². The molecule has 0 N–H and O–H groups in total. The van der Waals surface area contributed by atoms with Crippen LogP contribution in [-0.2, 0) is 15.6 Å². The number of sulfone groups is 1. The van der Waals surface area contributed by atoms with Gasteiger partial charge in [0.1, 0.15) is 19.0 Å². The third kappa shape index (κ3) is 3.50. The number of halogens is 2. The van der Waals surface area contributed by atoms with E-state index < -0.39 is 15.7 Å². The number of hydrogen-bond acceptors (Lipinski definition) is 5. The first-order chi connectivity index (χ1) is 12.9. The molecule has 0 amide bonds. The Morgan fingerprint density at radius 2 is 2.00 bits per heavy atom. The van der Waals surface area contributed by atoms with Crippen molar-refractivity contribution in [2.45, 2.75) is 10.9 Å². The largest absolute Gasteiger partial charge is 0.486 e. The second kappa shape index (κ2) is 6.86. The fraction of sp³-hybridized carbons (Fsp3) is 0.167. The molecular weight excluding hydrogens is 395 g/mol. The van der Waals surface area contributed by atoms with Crippen molar-refractivity contribution >= 4 is 21.4 Å². The fourth-order valence-electron chi connectivity index (χ4n) is 2.87. The number of hydrogen-bond donors (Lipinski definition) is 0. The Hall–Kier alpha value is -2.58. The predicted molar refractivity (Wildman–Crippen MR) is 96.9 cm³/mol. The maximum atomic E-state index is 13.5. The van der Waals surface area contributed by atoms with Crippen LogP contribution in [-0.4, -0.2) is 31.2 Å². The monoisotopic (exact) mass is 408 g/mol. The maximum absolute atomic E-state index is 13.5. The van der Waals surface area contributed by atoms with Crippen LogP contribution in [0.25, 0.3) is 5.69 Å². The van der Waals surface area contributed by atoms with Crippen molar-refractivity contribution in [2.75, 3.05) is 13.2 Å². The summed E-state index contributed by atoms with van der Waals surface area (Å²) >= 11 is 6.18. The Morgan fingerprint density at radius 1 is 1.19 bits per heavy atom. The summed E-state index contributed by atoms with van der Waals surface area (Å²) in [5.74, 6) is 0.0105. The molecule has 1 aliphatic rings. The molecule has 9 heteroatoms. The number of rotatable bonds is 4. The summed E-state index contributed by atoms with van der Waals surface area (Å²) in [6.45, 7) is 0.749. The van der Waals surface area contributed by atoms with E-state index in [0.717, 1.165) is 0 Å². The lowest BCUT2D eigenvalue weighted by Gasteiger charge is -2.20. The van der Waals surface area contributed by atoms with Crippen LogP contribution in [0.15, 0.2) is 53.9 Å². The highest BCUT2D eigenvalue weighted by Crippen LogP contribution is 2.39. The zero-order valence-electron chi connectivity index (χ0n) is 13.9. The predicted octanol–water partition coefficient (Wildman–Crippen LogP) is 3.41. The average molecular weight is 409 g/mol. The molecule has 0 aliphatic carbocycles. The number of ether oxygens (including phenoxy) is 2. The third-order valence-electron chi connectivity index (χ3n) is 3.98. The molecule has 6 nitrogen and oxygen atoms in total. The van der Waals surface area contributed by atoms with Gasteiger partial charge in [-0.1, -0.05) is 17.7 Å². The van der Waals surface area contributed by atoms with Crippen LogP contribution < -0.4 is 9.47 Å². The van der Waals surface area contributed by atoms with E-state index in [1.165, 1.54) is 41.2 Å². The highest BCUT2D eigenvalue weighted by atomic mass is 35.5. The van der Waals surface area contributed by atoms with E-state index in [2.05, 4.69) is 4.98 Å². The van der Waals surface area contributed by atoms with Crippen LogP contribution >= 0.6 is 11.6 Å². The molecule has 0 radical (unpaired) electrons. The van der Waals surface area contributed by atoms with Crippen molar-refractivity contribution in [1.82, 2.24) is 9.55 Å². The van der Waals surface area contributed by atoms with Crippen molar-refractivity contribution in [3.8, 4) is 17.2 Å². The van der Waals surface area contributed by atoms with Gasteiger partial charge < -0.3 is 9.47 Å². The highest BCUT2D eigenvalue weighted by molar-refractivity contribution is 7.90. The molecule has 3 aromatic rings. The van der Waals surface area contributed by atoms with E-state index in [9.17, 15) is 12.8 Å². The molecule has 2 heterocycles. The molecule has 0 spiro atoms. The van der Waals surface area contributed by atoms with Crippen LogP contribution in [0, 0.1) is 5.82 Å². The topological polar surface area (TPSA) is 70.4 Å². The molecule has 4 rings (SSSR count). The number of aromatic nitrogens is 2. The van der Waals surface area contributed by atoms with Gasteiger partial charge in [0.15, 0.2) is 11.5 Å². The third-order valence-corrected chi connectivity index (χ3v) is 5.84. The van der Waals surface area contributed by atoms with Crippen LogP contribution in [0.4, 0.5) is 4.39 Å². The van der Waals surface area contributed by atoms with Gasteiger partial charge in [0.05, 0.1) is 16.5 Å². The molecule has 2 aromatic carbocycles. The minimum atomic E-state index is -3.83. The summed E-state index contributed by atoms with van der Waals surface area (Å²) in [5.41, 5.74) is 0.810. The zero-order valence-corrected chi connectivity index (χ0v) is 15.5. The quantitative estimate of drug-likeness (QED) is 0.661. The van der Waals surface area contributed by atoms with Crippen molar-refractivity contribution in [2.24, 2.45) is 0 Å². The second-order valence-corrected chi connectivity index (χ2v) is 8.21. The molecule has 1 aliphatic heterocycles. The van der Waals surface area contributed by atoms with Gasteiger partial charge in [0.25, 0.3) is 0 Å². The summed E-state index contributed by atoms with van der Waals surface area (Å²) in [5, 5.41) is 0.102. The molecule has 0 fully saturated rings. The van der Waals surface area contributed by atoms with Gasteiger partial charge in [-0.2, -0.15) is 0 Å². The van der Waals surface area contributed by atoms with Gasteiger partial charge in [-0.15, -0.1) is 0 Å². The van der Waals surface area contributed by atoms with Crippen LogP contribution in [0.3, 0.4) is 0 Å². The molecule has 1 aromatic heterocycles. The van der Waals surface area contributed by atoms with E-state index in [-0.39, 0.29) is 15.9 Å². The number of benzene rings is 2. The number of imidazole rings is 1. The van der Waals surface area contributed by atoms with E-state index in [0.29, 0.717) is 36.0 Å². The van der Waals surface area contributed by atoms with E-state index in [1.54, 1.807) is 12.1 Å². The van der Waals surface area contributed by atoms with Gasteiger partial charge in [-0.3, -0.25) is 4.57 Å². The Morgan fingerprint density at radius 3 is 2.81 bits per heavy atom. The summed E-state index contributed by atoms with van der Waals surface area (Å²) in [7, 11) is -3.83. The Labute approximate surface area is 160 Å². The van der Waals surface area contributed by atoms with Crippen LogP contribution in [0.2, 0.25) is 5.02 Å². The first-order valence-electron chi connectivity index (χ1n) is 8.04. The zero-order chi connectivity index (χ0) is 19.0. The van der Waals surface area contributed by atoms with Crippen molar-refractivity contribution < 1.29 is 22.3 Å². The fourth-order valence-corrected chi connectivity index (χ4v) is 4.58. The van der Waals surface area contributed by atoms with Gasteiger partial charge in [0, 0.05) is 12.4 Å². The smallest absolute Gasteiger partial charge is 0.232 e. The summed E-state index contributed by atoms with van der Waals surface area (Å²) < 4.78 is 51.6. The van der Waals surface area contributed by atoms with Gasteiger partial charge in [-0.05, 0) is 35.9 Å². The lowest BCUT2D eigenvalue weighted by Crippen LogP contribution is -2.16. The Kier molecular flexibility index (Phi) is 4.53. The minimum absolute atomic E-state index is 0.181. The summed E-state index contributed by atoms with van der Waals surface area (Å²) in [6, 6.07) is 8.75. The number of fused-ring (bicyclic) bond motifs is 1. The lowest BCUT2D eigenvalue weighted by molar-refractivity contribution is 0.171. The first-order valence-corrected chi connectivity index (χ1v) is 10.1. The molecule has 0 saturated carbocycles. The van der Waals surface area contributed by atoms with Gasteiger partial charge in [-0.25, -0.2) is 17.8 Å². The molecule has 140 valence electrons. The molecule has 0 bridgehead atoms. The Bertz CT molecular complexity index is 1110. The minimum Gasteiger partial charge on any atom is -0.486 e. The SMILES string of the molecule is O=S(=O)(Cc1cc(Cl)c2c(c1)OCCO2)c1nccn1-c1cccc(F)c1. The molecule has 27 heavy (non-hydrogen) atoms. The second-order valence-electron chi connectivity index (χ2n) is 5.92. The van der Waals surface area contributed by atoms with E-state index in [4.69, 9.17) is 21.1 Å². The lowest BCUT2D eigenvalue weighted by atomic mass is 10.2. The standard InChI is InChI=1S/C18H14ClFN2O4S/c19-15-8-12(9-16-17(15)26-7-6-25-16)11-27(23,24)18-21-4-5-22(18)14-3-1-2-13(20)10-14/h1-5,8-10H,6-7,11H2. The molecular formula is C18H14ClFN2O4S. The molecule has 0 saturated heterocycles. The van der Waals surface area contributed by atoms with Crippen LogP contribution in [0.5, 0.6) is 11.5 Å². The normalized spacial score (nSPS) is 13.6. The van der Waals surface area contributed by atoms with E-state index in [1.807, 2.05) is 0 Å². The van der Waals surface area contributed by atoms with E-state index >= 15 is 0 Å².